The van der Waals surface area contributed by atoms with Crippen LogP contribution in [0.2, 0.25) is 0 Å². The summed E-state index contributed by atoms with van der Waals surface area (Å²) in [5.74, 6) is 0.526. The Balaban J connectivity index is 1.76. The van der Waals surface area contributed by atoms with Gasteiger partial charge in [-0.2, -0.15) is 0 Å². The molecular formula is C18H25N3O2. The molecule has 1 heterocycles. The summed E-state index contributed by atoms with van der Waals surface area (Å²) in [4.78, 5) is 14.2. The molecule has 0 radical (unpaired) electrons. The van der Waals surface area contributed by atoms with Gasteiger partial charge < -0.3 is 14.7 Å². The molecule has 0 bridgehead atoms. The maximum Gasteiger partial charge on any atom is 0.273 e. The lowest BCUT2D eigenvalue weighted by atomic mass is 9.93. The zero-order valence-corrected chi connectivity index (χ0v) is 14.3. The topological polar surface area (TPSA) is 58.4 Å². The minimum Gasteiger partial charge on any atom is -0.375 e. The predicted molar refractivity (Wildman–Crippen MR) is 91.9 cm³/mol. The Morgan fingerprint density at radius 3 is 2.57 bits per heavy atom. The number of anilines is 1. The number of nitrogens with one attached hydrogen (secondary N) is 1. The van der Waals surface area contributed by atoms with Crippen molar-refractivity contribution in [3.63, 3.8) is 0 Å². The molecule has 1 aromatic carbocycles. The molecule has 1 aromatic heterocycles. The molecule has 0 aliphatic rings. The Bertz CT molecular complexity index is 629. The summed E-state index contributed by atoms with van der Waals surface area (Å²) in [5.41, 5.74) is 1.36. The summed E-state index contributed by atoms with van der Waals surface area (Å²) in [7, 11) is 2.05. The highest BCUT2D eigenvalue weighted by Gasteiger charge is 2.21. The highest BCUT2D eigenvalue weighted by molar-refractivity contribution is 5.92. The van der Waals surface area contributed by atoms with Gasteiger partial charge in [0, 0.05) is 37.3 Å². The molecule has 0 unspecified atom stereocenters. The largest absolute Gasteiger partial charge is 0.375 e. The summed E-state index contributed by atoms with van der Waals surface area (Å²) >= 11 is 0. The van der Waals surface area contributed by atoms with Crippen LogP contribution in [0, 0.1) is 0 Å². The van der Waals surface area contributed by atoms with Gasteiger partial charge in [-0.3, -0.25) is 4.79 Å². The zero-order chi connectivity index (χ0) is 16.9. The normalized spacial score (nSPS) is 11.3. The van der Waals surface area contributed by atoms with Crippen molar-refractivity contribution >= 4 is 11.6 Å². The van der Waals surface area contributed by atoms with Gasteiger partial charge in [-0.1, -0.05) is 44.1 Å². The number of nitrogens with zero attached hydrogens (tertiary/aromatic N) is 2. The SMILES string of the molecule is CN(CCCNC(=O)c1cc(C(C)(C)C)on1)c1ccccc1. The van der Waals surface area contributed by atoms with Crippen molar-refractivity contribution in [2.75, 3.05) is 25.0 Å². The van der Waals surface area contributed by atoms with E-state index in [1.165, 1.54) is 5.69 Å². The third-order valence-corrected chi connectivity index (χ3v) is 3.63. The van der Waals surface area contributed by atoms with Crippen LogP contribution in [0.3, 0.4) is 0 Å². The van der Waals surface area contributed by atoms with Gasteiger partial charge in [0.05, 0.1) is 0 Å². The number of hydrogen-bond donors (Lipinski definition) is 1. The van der Waals surface area contributed by atoms with E-state index in [4.69, 9.17) is 4.52 Å². The number of benzene rings is 1. The quantitative estimate of drug-likeness (QED) is 0.832. The Labute approximate surface area is 137 Å². The smallest absolute Gasteiger partial charge is 0.273 e. The molecule has 5 heteroatoms. The van der Waals surface area contributed by atoms with E-state index in [1.54, 1.807) is 6.07 Å². The van der Waals surface area contributed by atoms with E-state index in [1.807, 2.05) is 46.0 Å². The Morgan fingerprint density at radius 1 is 1.26 bits per heavy atom. The molecule has 1 N–H and O–H groups in total. The summed E-state index contributed by atoms with van der Waals surface area (Å²) in [6.07, 6.45) is 0.862. The molecule has 2 aromatic rings. The van der Waals surface area contributed by atoms with Crippen LogP contribution in [0.1, 0.15) is 43.4 Å². The van der Waals surface area contributed by atoms with Crippen LogP contribution < -0.4 is 10.2 Å². The minimum absolute atomic E-state index is 0.149. The second kappa shape index (κ2) is 7.31. The first kappa shape index (κ1) is 17.1. The van der Waals surface area contributed by atoms with Crippen LogP contribution in [0.4, 0.5) is 5.69 Å². The van der Waals surface area contributed by atoms with E-state index >= 15 is 0 Å². The molecule has 5 nitrogen and oxygen atoms in total. The Kier molecular flexibility index (Phi) is 5.42. The maximum atomic E-state index is 12.1. The molecule has 0 aliphatic carbocycles. The number of hydrogen-bond acceptors (Lipinski definition) is 4. The fourth-order valence-corrected chi connectivity index (χ4v) is 2.16. The van der Waals surface area contributed by atoms with Gasteiger partial charge >= 0.3 is 0 Å². The van der Waals surface area contributed by atoms with Crippen LogP contribution in [-0.2, 0) is 5.41 Å². The summed E-state index contributed by atoms with van der Waals surface area (Å²) in [6, 6.07) is 11.9. The van der Waals surface area contributed by atoms with Crippen molar-refractivity contribution < 1.29 is 9.32 Å². The molecule has 0 spiro atoms. The van der Waals surface area contributed by atoms with Gasteiger partial charge in [0.25, 0.3) is 5.91 Å². The first-order valence-corrected chi connectivity index (χ1v) is 7.89. The average Bonchev–Trinajstić information content (AvgIpc) is 3.02. The van der Waals surface area contributed by atoms with Crippen LogP contribution in [0.25, 0.3) is 0 Å². The number of carbonyl (C=O) groups excluding carboxylic acids is 1. The first-order chi connectivity index (χ1) is 10.9. The Hall–Kier alpha value is -2.30. The Morgan fingerprint density at radius 2 is 1.96 bits per heavy atom. The standard InChI is InChI=1S/C18H25N3O2/c1-18(2,3)16-13-15(20-23-16)17(22)19-11-8-12-21(4)14-9-6-5-7-10-14/h5-7,9-10,13H,8,11-12H2,1-4H3,(H,19,22). The van der Waals surface area contributed by atoms with Gasteiger partial charge in [0.1, 0.15) is 5.76 Å². The van der Waals surface area contributed by atoms with E-state index in [-0.39, 0.29) is 11.3 Å². The number of rotatable bonds is 6. The van der Waals surface area contributed by atoms with Crippen LogP contribution in [-0.4, -0.2) is 31.2 Å². The summed E-state index contributed by atoms with van der Waals surface area (Å²) in [5, 5.41) is 6.73. The second-order valence-electron chi connectivity index (χ2n) is 6.69. The fraction of sp³-hybridized carbons (Fsp3) is 0.444. The summed E-state index contributed by atoms with van der Waals surface area (Å²) in [6.45, 7) is 7.54. The van der Waals surface area contributed by atoms with E-state index in [2.05, 4.69) is 27.5 Å². The van der Waals surface area contributed by atoms with E-state index in [0.29, 0.717) is 18.0 Å². The van der Waals surface area contributed by atoms with Crippen LogP contribution >= 0.6 is 0 Å². The fourth-order valence-electron chi connectivity index (χ4n) is 2.16. The van der Waals surface area contributed by atoms with Crippen molar-refractivity contribution in [3.05, 3.63) is 47.9 Å². The van der Waals surface area contributed by atoms with Crippen molar-refractivity contribution in [1.82, 2.24) is 10.5 Å². The lowest BCUT2D eigenvalue weighted by molar-refractivity contribution is 0.0944. The molecule has 124 valence electrons. The van der Waals surface area contributed by atoms with Gasteiger partial charge in [-0.05, 0) is 18.6 Å². The van der Waals surface area contributed by atoms with Gasteiger partial charge in [-0.25, -0.2) is 0 Å². The molecule has 0 saturated heterocycles. The third kappa shape index (κ3) is 4.84. The van der Waals surface area contributed by atoms with Gasteiger partial charge in [0.15, 0.2) is 5.69 Å². The van der Waals surface area contributed by atoms with Crippen LogP contribution in [0.5, 0.6) is 0 Å². The lowest BCUT2D eigenvalue weighted by Gasteiger charge is -2.19. The lowest BCUT2D eigenvalue weighted by Crippen LogP contribution is -2.28. The molecular weight excluding hydrogens is 290 g/mol. The van der Waals surface area contributed by atoms with E-state index < -0.39 is 0 Å². The molecule has 0 fully saturated rings. The highest BCUT2D eigenvalue weighted by Crippen LogP contribution is 2.22. The third-order valence-electron chi connectivity index (χ3n) is 3.63. The molecule has 0 atom stereocenters. The number of para-hydroxylation sites is 1. The second-order valence-corrected chi connectivity index (χ2v) is 6.69. The van der Waals surface area contributed by atoms with Crippen molar-refractivity contribution in [2.24, 2.45) is 0 Å². The first-order valence-electron chi connectivity index (χ1n) is 7.89. The van der Waals surface area contributed by atoms with Gasteiger partial charge in [-0.15, -0.1) is 0 Å². The summed E-state index contributed by atoms with van der Waals surface area (Å²) < 4.78 is 5.23. The monoisotopic (exact) mass is 315 g/mol. The predicted octanol–water partition coefficient (Wildman–Crippen LogP) is 3.23. The number of aromatic nitrogens is 1. The molecule has 0 saturated carbocycles. The number of amides is 1. The van der Waals surface area contributed by atoms with E-state index in [9.17, 15) is 4.79 Å². The average molecular weight is 315 g/mol. The van der Waals surface area contributed by atoms with E-state index in [0.717, 1.165) is 13.0 Å². The van der Waals surface area contributed by atoms with Crippen molar-refractivity contribution in [2.45, 2.75) is 32.6 Å². The highest BCUT2D eigenvalue weighted by atomic mass is 16.5. The van der Waals surface area contributed by atoms with Crippen LogP contribution in [0.15, 0.2) is 40.9 Å². The number of carbonyl (C=O) groups is 1. The minimum atomic E-state index is -0.188. The molecule has 1 amide bonds. The molecule has 2 rings (SSSR count). The van der Waals surface area contributed by atoms with Crippen molar-refractivity contribution in [1.29, 1.82) is 0 Å². The molecule has 23 heavy (non-hydrogen) atoms. The van der Waals surface area contributed by atoms with Crippen molar-refractivity contribution in [3.8, 4) is 0 Å². The molecule has 0 aliphatic heterocycles. The zero-order valence-electron chi connectivity index (χ0n) is 14.3. The van der Waals surface area contributed by atoms with Gasteiger partial charge in [0.2, 0.25) is 0 Å². The maximum absolute atomic E-state index is 12.1.